The van der Waals surface area contributed by atoms with Gasteiger partial charge < -0.3 is 9.84 Å². The van der Waals surface area contributed by atoms with E-state index >= 15 is 0 Å². The highest BCUT2D eigenvalue weighted by molar-refractivity contribution is 9.10. The van der Waals surface area contributed by atoms with Crippen LogP contribution in [0.4, 0.5) is 5.69 Å². The molecule has 0 unspecified atom stereocenters. The molecule has 0 spiro atoms. The summed E-state index contributed by atoms with van der Waals surface area (Å²) in [7, 11) is 1.41. The molecule has 0 saturated heterocycles. The minimum atomic E-state index is -0.567. The number of halogens is 1. The lowest BCUT2D eigenvalue weighted by Gasteiger charge is -2.06. The maximum atomic E-state index is 12.2. The maximum absolute atomic E-state index is 12.2. The average molecular weight is 408 g/mol. The monoisotopic (exact) mass is 407 g/mol. The first-order chi connectivity index (χ1) is 11.8. The fourth-order valence-corrected chi connectivity index (χ4v) is 2.58. The van der Waals surface area contributed by atoms with Crippen molar-refractivity contribution in [3.05, 3.63) is 61.6 Å². The number of hydrazone groups is 1. The smallest absolute Gasteiger partial charge is 0.273 e. The molecule has 0 heterocycles. The van der Waals surface area contributed by atoms with E-state index in [2.05, 4.69) is 26.5 Å². The summed E-state index contributed by atoms with van der Waals surface area (Å²) in [5, 5.41) is 24.5. The molecule has 0 aliphatic carbocycles. The Morgan fingerprint density at radius 1 is 1.44 bits per heavy atom. The molecule has 0 aliphatic rings. The third-order valence-electron chi connectivity index (χ3n) is 3.40. The van der Waals surface area contributed by atoms with E-state index in [1.54, 1.807) is 6.07 Å². The zero-order valence-corrected chi connectivity index (χ0v) is 14.9. The van der Waals surface area contributed by atoms with Crippen LogP contribution in [0, 0.1) is 17.0 Å². The quantitative estimate of drug-likeness (QED) is 0.448. The Morgan fingerprint density at radius 3 is 2.80 bits per heavy atom. The molecule has 9 heteroatoms. The molecule has 0 saturated carbocycles. The van der Waals surface area contributed by atoms with E-state index in [1.807, 2.05) is 0 Å². The highest BCUT2D eigenvalue weighted by Crippen LogP contribution is 2.34. The predicted molar refractivity (Wildman–Crippen MR) is 95.3 cm³/mol. The Kier molecular flexibility index (Phi) is 5.71. The summed E-state index contributed by atoms with van der Waals surface area (Å²) in [4.78, 5) is 22.5. The van der Waals surface area contributed by atoms with Crippen LogP contribution in [0.3, 0.4) is 0 Å². The number of nitrogens with one attached hydrogen (secondary N) is 1. The van der Waals surface area contributed by atoms with Crippen LogP contribution < -0.4 is 10.2 Å². The van der Waals surface area contributed by atoms with Crippen LogP contribution in [-0.2, 0) is 0 Å². The van der Waals surface area contributed by atoms with Crippen molar-refractivity contribution in [1.29, 1.82) is 0 Å². The molecule has 130 valence electrons. The first kappa shape index (κ1) is 18.4. The van der Waals surface area contributed by atoms with Gasteiger partial charge in [0.1, 0.15) is 0 Å². The highest BCUT2D eigenvalue weighted by atomic mass is 79.9. The third-order valence-corrected chi connectivity index (χ3v) is 4.00. The Morgan fingerprint density at radius 2 is 2.16 bits per heavy atom. The molecule has 0 fully saturated rings. The number of hydrogen-bond acceptors (Lipinski definition) is 6. The molecule has 2 aromatic carbocycles. The fraction of sp³-hybridized carbons (Fsp3) is 0.125. The number of methoxy groups -OCH3 is 1. The lowest BCUT2D eigenvalue weighted by atomic mass is 10.1. The number of nitro benzene ring substituents is 1. The molecular formula is C16H14BrN3O5. The van der Waals surface area contributed by atoms with Gasteiger partial charge in [-0.3, -0.25) is 14.9 Å². The number of nitro groups is 1. The second-order valence-electron chi connectivity index (χ2n) is 4.96. The van der Waals surface area contributed by atoms with E-state index < -0.39 is 10.8 Å². The molecule has 2 rings (SSSR count). The zero-order chi connectivity index (χ0) is 18.6. The van der Waals surface area contributed by atoms with Crippen molar-refractivity contribution >= 4 is 33.7 Å². The van der Waals surface area contributed by atoms with Gasteiger partial charge in [0.25, 0.3) is 11.6 Å². The maximum Gasteiger partial charge on any atom is 0.273 e. The standard InChI is InChI=1S/C16H14BrN3O5/c1-9-11(4-3-5-13(9)20(23)24)16(22)19-18-8-10-6-12(17)15(21)14(7-10)25-2/h3-8,21H,1-2H3,(H,19,22)/b18-8-. The van der Waals surface area contributed by atoms with Crippen molar-refractivity contribution in [3.8, 4) is 11.5 Å². The number of hydrogen-bond donors (Lipinski definition) is 2. The van der Waals surface area contributed by atoms with Crippen LogP contribution >= 0.6 is 15.9 Å². The number of nitrogens with zero attached hydrogens (tertiary/aromatic N) is 2. The molecule has 25 heavy (non-hydrogen) atoms. The van der Waals surface area contributed by atoms with Crippen LogP contribution in [0.5, 0.6) is 11.5 Å². The summed E-state index contributed by atoms with van der Waals surface area (Å²) in [5.74, 6) is -0.366. The minimum Gasteiger partial charge on any atom is -0.503 e. The lowest BCUT2D eigenvalue weighted by molar-refractivity contribution is -0.385. The van der Waals surface area contributed by atoms with Crippen molar-refractivity contribution in [2.75, 3.05) is 7.11 Å². The van der Waals surface area contributed by atoms with Crippen LogP contribution in [0.1, 0.15) is 21.5 Å². The van der Waals surface area contributed by atoms with E-state index in [9.17, 15) is 20.0 Å². The Labute approximate surface area is 151 Å². The minimum absolute atomic E-state index is 0.0455. The second kappa shape index (κ2) is 7.75. The Bertz CT molecular complexity index is 867. The van der Waals surface area contributed by atoms with Gasteiger partial charge >= 0.3 is 0 Å². The molecule has 1 amide bonds. The first-order valence-electron chi connectivity index (χ1n) is 6.99. The second-order valence-corrected chi connectivity index (χ2v) is 5.81. The van der Waals surface area contributed by atoms with Crippen LogP contribution in [0.15, 0.2) is 39.9 Å². The number of rotatable bonds is 5. The van der Waals surface area contributed by atoms with E-state index in [1.165, 1.54) is 44.5 Å². The fourth-order valence-electron chi connectivity index (χ4n) is 2.12. The van der Waals surface area contributed by atoms with Crippen molar-refractivity contribution < 1.29 is 19.6 Å². The van der Waals surface area contributed by atoms with Crippen LogP contribution in [0.25, 0.3) is 0 Å². The number of carbonyl (C=O) groups is 1. The van der Waals surface area contributed by atoms with Crippen molar-refractivity contribution in [2.24, 2.45) is 5.10 Å². The molecular weight excluding hydrogens is 394 g/mol. The third kappa shape index (κ3) is 4.13. The summed E-state index contributed by atoms with van der Waals surface area (Å²) in [5.41, 5.74) is 3.17. The SMILES string of the molecule is COc1cc(/C=N\NC(=O)c2cccc([N+](=O)[O-])c2C)cc(Br)c1O. The molecule has 2 aromatic rings. The summed E-state index contributed by atoms with van der Waals surface area (Å²) < 4.78 is 5.43. The highest BCUT2D eigenvalue weighted by Gasteiger charge is 2.17. The Balaban J connectivity index is 2.18. The van der Waals surface area contributed by atoms with Crippen molar-refractivity contribution in [2.45, 2.75) is 6.92 Å². The van der Waals surface area contributed by atoms with Gasteiger partial charge in [-0.15, -0.1) is 0 Å². The molecule has 0 aromatic heterocycles. The van der Waals surface area contributed by atoms with Gasteiger partial charge in [-0.05, 0) is 46.6 Å². The van der Waals surface area contributed by atoms with Crippen molar-refractivity contribution in [3.63, 3.8) is 0 Å². The van der Waals surface area contributed by atoms with Gasteiger partial charge in [-0.1, -0.05) is 6.07 Å². The number of benzene rings is 2. The van der Waals surface area contributed by atoms with Crippen LogP contribution in [0.2, 0.25) is 0 Å². The molecule has 8 nitrogen and oxygen atoms in total. The van der Waals surface area contributed by atoms with Gasteiger partial charge in [-0.2, -0.15) is 5.10 Å². The van der Waals surface area contributed by atoms with Crippen LogP contribution in [-0.4, -0.2) is 29.3 Å². The van der Waals surface area contributed by atoms with Gasteiger partial charge in [0, 0.05) is 11.6 Å². The van der Waals surface area contributed by atoms with Gasteiger partial charge in [0.15, 0.2) is 11.5 Å². The topological polar surface area (TPSA) is 114 Å². The number of amides is 1. The molecule has 2 N–H and O–H groups in total. The number of phenols is 1. The average Bonchev–Trinajstić information content (AvgIpc) is 2.57. The lowest BCUT2D eigenvalue weighted by Crippen LogP contribution is -2.19. The summed E-state index contributed by atoms with van der Waals surface area (Å²) in [6.07, 6.45) is 1.36. The van der Waals surface area contributed by atoms with E-state index in [0.717, 1.165) is 0 Å². The number of carbonyl (C=O) groups excluding carboxylic acids is 1. The number of ether oxygens (including phenoxy) is 1. The van der Waals surface area contributed by atoms with Crippen molar-refractivity contribution in [1.82, 2.24) is 5.43 Å². The van der Waals surface area contributed by atoms with E-state index in [-0.39, 0.29) is 28.3 Å². The van der Waals surface area contributed by atoms with Gasteiger partial charge in [0.05, 0.1) is 28.3 Å². The first-order valence-corrected chi connectivity index (χ1v) is 7.78. The summed E-state index contributed by atoms with van der Waals surface area (Å²) in [6.45, 7) is 1.50. The summed E-state index contributed by atoms with van der Waals surface area (Å²) in [6, 6.07) is 7.37. The van der Waals surface area contributed by atoms with Gasteiger partial charge in [0.2, 0.25) is 0 Å². The predicted octanol–water partition coefficient (Wildman–Crippen LogP) is 3.14. The van der Waals surface area contributed by atoms with E-state index in [0.29, 0.717) is 10.0 Å². The molecule has 0 radical (unpaired) electrons. The Hall–Kier alpha value is -2.94. The summed E-state index contributed by atoms with van der Waals surface area (Å²) >= 11 is 3.18. The molecule has 0 atom stereocenters. The normalized spacial score (nSPS) is 10.7. The molecule has 0 aliphatic heterocycles. The van der Waals surface area contributed by atoms with Gasteiger partial charge in [-0.25, -0.2) is 5.43 Å². The molecule has 0 bridgehead atoms. The largest absolute Gasteiger partial charge is 0.503 e. The van der Waals surface area contributed by atoms with E-state index in [4.69, 9.17) is 4.74 Å². The number of aromatic hydroxyl groups is 1. The number of phenolic OH excluding ortho intramolecular Hbond substituents is 1. The zero-order valence-electron chi connectivity index (χ0n) is 13.3.